The zero-order chi connectivity index (χ0) is 10.6. The summed E-state index contributed by atoms with van der Waals surface area (Å²) in [7, 11) is 0. The van der Waals surface area contributed by atoms with Crippen LogP contribution in [0.1, 0.15) is 18.9 Å². The Morgan fingerprint density at radius 1 is 1.43 bits per heavy atom. The average molecular weight is 193 g/mol. The lowest BCUT2D eigenvalue weighted by Gasteiger charge is -2.08. The molecule has 1 rings (SSSR count). The number of nitrogens with two attached hydrogens (primary N) is 1. The van der Waals surface area contributed by atoms with E-state index in [-0.39, 0.29) is 11.5 Å². The predicted molar refractivity (Wildman–Crippen MR) is 55.1 cm³/mol. The van der Waals surface area contributed by atoms with Gasteiger partial charge in [-0.2, -0.15) is 0 Å². The van der Waals surface area contributed by atoms with Gasteiger partial charge in [-0.15, -0.1) is 0 Å². The fraction of sp³-hybridized carbons (Fsp3) is 0.364. The Morgan fingerprint density at radius 2 is 2.00 bits per heavy atom. The molecule has 0 spiro atoms. The van der Waals surface area contributed by atoms with Crippen LogP contribution >= 0.6 is 0 Å². The second-order valence-corrected chi connectivity index (χ2v) is 3.30. The molecular weight excluding hydrogens is 178 g/mol. The van der Waals surface area contributed by atoms with Crippen LogP contribution in [0.3, 0.4) is 0 Å². The van der Waals surface area contributed by atoms with Crippen LogP contribution in [-0.4, -0.2) is 16.9 Å². The van der Waals surface area contributed by atoms with Gasteiger partial charge in [0.05, 0.1) is 6.04 Å². The number of hydrogen-bond donors (Lipinski definition) is 2. The summed E-state index contributed by atoms with van der Waals surface area (Å²) in [5.74, 6) is 0.294. The van der Waals surface area contributed by atoms with E-state index in [1.54, 1.807) is 31.2 Å². The van der Waals surface area contributed by atoms with Crippen molar-refractivity contribution >= 4 is 5.78 Å². The number of phenolic OH excluding ortho intramolecular Hbond substituents is 1. The number of carbonyl (C=O) groups excluding carboxylic acids is 1. The van der Waals surface area contributed by atoms with Crippen LogP contribution in [0.5, 0.6) is 5.75 Å². The van der Waals surface area contributed by atoms with Gasteiger partial charge in [0.2, 0.25) is 0 Å². The van der Waals surface area contributed by atoms with Gasteiger partial charge in [-0.1, -0.05) is 19.1 Å². The third-order valence-corrected chi connectivity index (χ3v) is 2.15. The number of hydrogen-bond acceptors (Lipinski definition) is 3. The average Bonchev–Trinajstić information content (AvgIpc) is 2.20. The van der Waals surface area contributed by atoms with E-state index in [0.717, 1.165) is 5.56 Å². The molecule has 1 atom stereocenters. The molecule has 1 aromatic rings. The molecule has 0 amide bonds. The summed E-state index contributed by atoms with van der Waals surface area (Å²) < 4.78 is 0. The van der Waals surface area contributed by atoms with Crippen LogP contribution in [0, 0.1) is 0 Å². The predicted octanol–water partition coefficient (Wildman–Crippen LogP) is 1.24. The first-order valence-corrected chi connectivity index (χ1v) is 4.69. The molecule has 0 radical (unpaired) electrons. The summed E-state index contributed by atoms with van der Waals surface area (Å²) in [6, 6.07) is 6.32. The van der Waals surface area contributed by atoms with Crippen molar-refractivity contribution in [3.8, 4) is 5.75 Å². The van der Waals surface area contributed by atoms with Gasteiger partial charge in [-0.25, -0.2) is 0 Å². The molecule has 0 aromatic heterocycles. The smallest absolute Gasteiger partial charge is 0.149 e. The number of phenols is 1. The van der Waals surface area contributed by atoms with E-state index in [9.17, 15) is 4.79 Å². The number of rotatable bonds is 4. The Kier molecular flexibility index (Phi) is 3.65. The van der Waals surface area contributed by atoms with Gasteiger partial charge in [0.1, 0.15) is 11.5 Å². The van der Waals surface area contributed by atoms with E-state index in [4.69, 9.17) is 10.8 Å². The summed E-state index contributed by atoms with van der Waals surface area (Å²) in [6.07, 6.45) is 1.01. The van der Waals surface area contributed by atoms with Gasteiger partial charge in [-0.3, -0.25) is 4.79 Å². The molecule has 0 fully saturated rings. The number of carbonyl (C=O) groups is 1. The second kappa shape index (κ2) is 4.77. The highest BCUT2D eigenvalue weighted by Gasteiger charge is 2.11. The van der Waals surface area contributed by atoms with E-state index in [2.05, 4.69) is 0 Å². The molecule has 3 heteroatoms. The standard InChI is InChI=1S/C11H15NO2/c1-2-11(14)10(12)7-8-3-5-9(13)6-4-8/h3-6,10,13H,2,7,12H2,1H3. The molecular formula is C11H15NO2. The normalized spacial score (nSPS) is 12.4. The van der Waals surface area contributed by atoms with E-state index < -0.39 is 6.04 Å². The first kappa shape index (κ1) is 10.7. The molecule has 0 aliphatic heterocycles. The quantitative estimate of drug-likeness (QED) is 0.756. The Hall–Kier alpha value is -1.35. The van der Waals surface area contributed by atoms with Crippen molar-refractivity contribution in [1.82, 2.24) is 0 Å². The summed E-state index contributed by atoms with van der Waals surface area (Å²) in [4.78, 5) is 11.2. The third-order valence-electron chi connectivity index (χ3n) is 2.15. The summed E-state index contributed by atoms with van der Waals surface area (Å²) in [5.41, 5.74) is 6.66. The minimum absolute atomic E-state index is 0.0677. The lowest BCUT2D eigenvalue weighted by atomic mass is 10.0. The second-order valence-electron chi connectivity index (χ2n) is 3.30. The van der Waals surface area contributed by atoms with Crippen LogP contribution in [-0.2, 0) is 11.2 Å². The molecule has 1 unspecified atom stereocenters. The van der Waals surface area contributed by atoms with E-state index in [1.807, 2.05) is 0 Å². The van der Waals surface area contributed by atoms with Crippen molar-refractivity contribution in [2.75, 3.05) is 0 Å². The number of ketones is 1. The van der Waals surface area contributed by atoms with E-state index >= 15 is 0 Å². The summed E-state index contributed by atoms with van der Waals surface area (Å²) >= 11 is 0. The fourth-order valence-corrected chi connectivity index (χ4v) is 1.26. The zero-order valence-corrected chi connectivity index (χ0v) is 8.23. The maximum Gasteiger partial charge on any atom is 0.149 e. The highest BCUT2D eigenvalue weighted by Crippen LogP contribution is 2.11. The highest BCUT2D eigenvalue weighted by atomic mass is 16.3. The number of Topliss-reactive ketones (excluding diaryl/α,β-unsaturated/α-hetero) is 1. The summed E-state index contributed by atoms with van der Waals surface area (Å²) in [5, 5.41) is 9.05. The van der Waals surface area contributed by atoms with Crippen molar-refractivity contribution in [3.63, 3.8) is 0 Å². The van der Waals surface area contributed by atoms with Gasteiger partial charge >= 0.3 is 0 Å². The highest BCUT2D eigenvalue weighted by molar-refractivity contribution is 5.83. The molecule has 0 saturated carbocycles. The summed E-state index contributed by atoms with van der Waals surface area (Å²) in [6.45, 7) is 1.80. The van der Waals surface area contributed by atoms with Crippen LogP contribution < -0.4 is 5.73 Å². The van der Waals surface area contributed by atoms with Gasteiger partial charge < -0.3 is 10.8 Å². The topological polar surface area (TPSA) is 63.3 Å². The molecule has 14 heavy (non-hydrogen) atoms. The van der Waals surface area contributed by atoms with Crippen LogP contribution in [0.4, 0.5) is 0 Å². The van der Waals surface area contributed by atoms with Crippen LogP contribution in [0.25, 0.3) is 0 Å². The molecule has 76 valence electrons. The molecule has 0 aliphatic rings. The maximum atomic E-state index is 11.2. The van der Waals surface area contributed by atoms with Crippen molar-refractivity contribution in [2.24, 2.45) is 5.73 Å². The molecule has 0 heterocycles. The Labute approximate surface area is 83.6 Å². The lowest BCUT2D eigenvalue weighted by Crippen LogP contribution is -2.32. The van der Waals surface area contributed by atoms with Gasteiger partial charge in [0, 0.05) is 6.42 Å². The Bertz CT molecular complexity index is 306. The van der Waals surface area contributed by atoms with Crippen molar-refractivity contribution in [3.05, 3.63) is 29.8 Å². The van der Waals surface area contributed by atoms with E-state index in [1.165, 1.54) is 0 Å². The maximum absolute atomic E-state index is 11.2. The van der Waals surface area contributed by atoms with Crippen molar-refractivity contribution in [1.29, 1.82) is 0 Å². The number of aromatic hydroxyl groups is 1. The lowest BCUT2D eigenvalue weighted by molar-refractivity contribution is -0.119. The van der Waals surface area contributed by atoms with Crippen molar-refractivity contribution in [2.45, 2.75) is 25.8 Å². The number of benzene rings is 1. The molecule has 0 bridgehead atoms. The van der Waals surface area contributed by atoms with Crippen molar-refractivity contribution < 1.29 is 9.90 Å². The largest absolute Gasteiger partial charge is 0.508 e. The Balaban J connectivity index is 2.60. The zero-order valence-electron chi connectivity index (χ0n) is 8.23. The molecule has 3 nitrogen and oxygen atoms in total. The minimum atomic E-state index is -0.426. The first-order chi connectivity index (χ1) is 6.63. The first-order valence-electron chi connectivity index (χ1n) is 4.69. The van der Waals surface area contributed by atoms with Gasteiger partial charge in [0.15, 0.2) is 0 Å². The molecule has 1 aromatic carbocycles. The Morgan fingerprint density at radius 3 is 2.50 bits per heavy atom. The van der Waals surface area contributed by atoms with Crippen LogP contribution in [0.2, 0.25) is 0 Å². The molecule has 3 N–H and O–H groups in total. The SMILES string of the molecule is CCC(=O)C(N)Cc1ccc(O)cc1. The third kappa shape index (κ3) is 2.85. The molecule has 0 aliphatic carbocycles. The van der Waals surface area contributed by atoms with Gasteiger partial charge in [0.25, 0.3) is 0 Å². The molecule has 0 saturated heterocycles. The monoisotopic (exact) mass is 193 g/mol. The van der Waals surface area contributed by atoms with Gasteiger partial charge in [-0.05, 0) is 24.1 Å². The van der Waals surface area contributed by atoms with Crippen LogP contribution in [0.15, 0.2) is 24.3 Å². The van der Waals surface area contributed by atoms with E-state index in [0.29, 0.717) is 12.8 Å². The minimum Gasteiger partial charge on any atom is -0.508 e. The fourth-order valence-electron chi connectivity index (χ4n) is 1.26.